The first-order valence-corrected chi connectivity index (χ1v) is 8.58. The van der Waals surface area contributed by atoms with Crippen molar-refractivity contribution in [1.29, 1.82) is 15.8 Å². The van der Waals surface area contributed by atoms with Crippen molar-refractivity contribution in [2.75, 3.05) is 41.8 Å². The van der Waals surface area contributed by atoms with Crippen molar-refractivity contribution in [3.63, 3.8) is 0 Å². The number of hydrogen-bond acceptors (Lipinski definition) is 9. The van der Waals surface area contributed by atoms with Gasteiger partial charge in [-0.3, -0.25) is 0 Å². The van der Waals surface area contributed by atoms with Crippen LogP contribution in [0.25, 0.3) is 5.57 Å². The van der Waals surface area contributed by atoms with Gasteiger partial charge in [-0.2, -0.15) is 15.8 Å². The third kappa shape index (κ3) is 2.95. The molecule has 136 valence electrons. The largest absolute Gasteiger partial charge is 0.378 e. The predicted molar refractivity (Wildman–Crippen MR) is 101 cm³/mol. The molecule has 2 aliphatic rings. The summed E-state index contributed by atoms with van der Waals surface area (Å²) in [5.74, 6) is 0.851. The maximum Gasteiger partial charge on any atom is 0.179 e. The third-order valence-corrected chi connectivity index (χ3v) is 4.44. The Morgan fingerprint density at radius 2 is 1.57 bits per heavy atom. The molecule has 0 radical (unpaired) electrons. The smallest absolute Gasteiger partial charge is 0.179 e. The lowest BCUT2D eigenvalue weighted by Gasteiger charge is -2.29. The topological polar surface area (TPSA) is 134 Å². The fourth-order valence-electron chi connectivity index (χ4n) is 3.10. The minimum absolute atomic E-state index is 0.0642. The number of allylic oxidation sites excluding steroid dienone is 1. The Bertz CT molecular complexity index is 1070. The molecule has 1 aromatic carbocycles. The molecular formula is C19H14N8O. The van der Waals surface area contributed by atoms with Crippen LogP contribution < -0.4 is 15.5 Å². The van der Waals surface area contributed by atoms with Crippen molar-refractivity contribution in [2.45, 2.75) is 0 Å². The Hall–Kier alpha value is -4.13. The second-order valence-electron chi connectivity index (χ2n) is 6.07. The highest BCUT2D eigenvalue weighted by atomic mass is 16.5. The highest BCUT2D eigenvalue weighted by molar-refractivity contribution is 5.92. The molecule has 1 saturated heterocycles. The summed E-state index contributed by atoms with van der Waals surface area (Å²) in [6, 6.07) is 13.5. The number of para-hydroxylation sites is 2. The van der Waals surface area contributed by atoms with E-state index in [9.17, 15) is 15.8 Å². The Morgan fingerprint density at radius 1 is 0.964 bits per heavy atom. The minimum atomic E-state index is -0.113. The second kappa shape index (κ2) is 7.24. The van der Waals surface area contributed by atoms with Gasteiger partial charge in [-0.25, -0.2) is 9.97 Å². The van der Waals surface area contributed by atoms with Crippen LogP contribution in [-0.2, 0) is 4.74 Å². The van der Waals surface area contributed by atoms with E-state index in [-0.39, 0.29) is 22.7 Å². The highest BCUT2D eigenvalue weighted by Crippen LogP contribution is 2.35. The SMILES string of the molecule is N#CC(=C1Nc2ccccc2N1)c1nc(C#N)c(C#N)nc1N1CCOCC1. The maximum absolute atomic E-state index is 9.89. The van der Waals surface area contributed by atoms with Crippen LogP contribution in [0.15, 0.2) is 30.1 Å². The van der Waals surface area contributed by atoms with E-state index in [1.54, 1.807) is 0 Å². The first kappa shape index (κ1) is 17.3. The number of nitrogens with one attached hydrogen (secondary N) is 2. The molecule has 9 heteroatoms. The molecule has 0 bridgehead atoms. The third-order valence-electron chi connectivity index (χ3n) is 4.44. The number of nitriles is 3. The molecule has 28 heavy (non-hydrogen) atoms. The number of hydrogen-bond donors (Lipinski definition) is 2. The maximum atomic E-state index is 9.89. The van der Waals surface area contributed by atoms with Gasteiger partial charge in [0.05, 0.1) is 24.6 Å². The minimum Gasteiger partial charge on any atom is -0.378 e. The Kier molecular flexibility index (Phi) is 4.47. The van der Waals surface area contributed by atoms with Crippen molar-refractivity contribution >= 4 is 22.8 Å². The first-order chi connectivity index (χ1) is 13.7. The van der Waals surface area contributed by atoms with E-state index < -0.39 is 0 Å². The number of nitrogens with zero attached hydrogens (tertiary/aromatic N) is 6. The van der Waals surface area contributed by atoms with Gasteiger partial charge in [0.15, 0.2) is 17.2 Å². The van der Waals surface area contributed by atoms with E-state index in [1.807, 2.05) is 41.3 Å². The number of ether oxygens (including phenoxy) is 1. The number of anilines is 3. The molecule has 0 aliphatic carbocycles. The van der Waals surface area contributed by atoms with E-state index in [1.165, 1.54) is 0 Å². The van der Waals surface area contributed by atoms with Gasteiger partial charge >= 0.3 is 0 Å². The average molecular weight is 370 g/mol. The van der Waals surface area contributed by atoms with Crippen LogP contribution in [-0.4, -0.2) is 36.3 Å². The normalized spacial score (nSPS) is 14.8. The molecule has 9 nitrogen and oxygen atoms in total. The van der Waals surface area contributed by atoms with Gasteiger partial charge in [0.1, 0.15) is 35.3 Å². The van der Waals surface area contributed by atoms with Crippen LogP contribution in [0.3, 0.4) is 0 Å². The molecule has 4 rings (SSSR count). The predicted octanol–water partition coefficient (Wildman–Crippen LogP) is 1.79. The van der Waals surface area contributed by atoms with Gasteiger partial charge in [0.2, 0.25) is 0 Å². The van der Waals surface area contributed by atoms with Crippen molar-refractivity contribution in [1.82, 2.24) is 9.97 Å². The molecule has 0 saturated carbocycles. The zero-order chi connectivity index (χ0) is 19.5. The van der Waals surface area contributed by atoms with E-state index >= 15 is 0 Å². The number of morpholine rings is 1. The first-order valence-electron chi connectivity index (χ1n) is 8.58. The van der Waals surface area contributed by atoms with Crippen molar-refractivity contribution in [2.24, 2.45) is 0 Å². The van der Waals surface area contributed by atoms with Crippen LogP contribution in [0.2, 0.25) is 0 Å². The van der Waals surface area contributed by atoms with Crippen LogP contribution >= 0.6 is 0 Å². The summed E-state index contributed by atoms with van der Waals surface area (Å²) in [7, 11) is 0. The van der Waals surface area contributed by atoms with E-state index in [2.05, 4.69) is 26.7 Å². The molecule has 2 N–H and O–H groups in total. The molecule has 2 aliphatic heterocycles. The van der Waals surface area contributed by atoms with E-state index in [0.29, 0.717) is 37.9 Å². The van der Waals surface area contributed by atoms with Gasteiger partial charge in [-0.05, 0) is 12.1 Å². The van der Waals surface area contributed by atoms with E-state index in [4.69, 9.17) is 4.74 Å². The van der Waals surface area contributed by atoms with Gasteiger partial charge in [0.25, 0.3) is 0 Å². The quantitative estimate of drug-likeness (QED) is 0.759. The summed E-state index contributed by atoms with van der Waals surface area (Å²) in [6.07, 6.45) is 0. The molecule has 0 spiro atoms. The monoisotopic (exact) mass is 370 g/mol. The van der Waals surface area contributed by atoms with Gasteiger partial charge in [0, 0.05) is 13.1 Å². The Balaban J connectivity index is 1.88. The molecule has 1 fully saturated rings. The van der Waals surface area contributed by atoms with Crippen LogP contribution in [0.1, 0.15) is 17.1 Å². The van der Waals surface area contributed by atoms with Gasteiger partial charge in [-0.15, -0.1) is 0 Å². The van der Waals surface area contributed by atoms with E-state index in [0.717, 1.165) is 11.4 Å². The molecular weight excluding hydrogens is 356 g/mol. The lowest BCUT2D eigenvalue weighted by molar-refractivity contribution is 0.122. The Morgan fingerprint density at radius 3 is 2.14 bits per heavy atom. The summed E-state index contributed by atoms with van der Waals surface area (Å²) in [6.45, 7) is 2.11. The molecule has 2 aromatic rings. The molecule has 0 atom stereocenters. The van der Waals surface area contributed by atoms with Crippen LogP contribution in [0.4, 0.5) is 17.2 Å². The van der Waals surface area contributed by atoms with Crippen molar-refractivity contribution in [3.05, 3.63) is 47.2 Å². The molecule has 3 heterocycles. The standard InChI is InChI=1S/C19H14N8O/c20-9-12(18-24-13-3-1-2-4-14(13)25-18)17-19(27-5-7-28-8-6-27)26-16(11-22)15(10-21)23-17/h1-4,24-25H,5-8H2. The zero-order valence-electron chi connectivity index (χ0n) is 14.7. The zero-order valence-corrected chi connectivity index (χ0v) is 14.7. The van der Waals surface area contributed by atoms with Crippen molar-refractivity contribution < 1.29 is 4.74 Å². The molecule has 0 amide bonds. The summed E-state index contributed by atoms with van der Waals surface area (Å²) in [5, 5.41) is 34.9. The second-order valence-corrected chi connectivity index (χ2v) is 6.07. The highest BCUT2D eigenvalue weighted by Gasteiger charge is 2.27. The fourth-order valence-corrected chi connectivity index (χ4v) is 3.10. The van der Waals surface area contributed by atoms with Gasteiger partial charge < -0.3 is 20.3 Å². The molecule has 0 unspecified atom stereocenters. The number of aromatic nitrogens is 2. The summed E-state index contributed by atoms with van der Waals surface area (Å²) < 4.78 is 5.38. The summed E-state index contributed by atoms with van der Waals surface area (Å²) in [5.41, 5.74) is 1.96. The average Bonchev–Trinajstić information content (AvgIpc) is 3.18. The van der Waals surface area contributed by atoms with Crippen LogP contribution in [0, 0.1) is 34.0 Å². The lowest BCUT2D eigenvalue weighted by atomic mass is 10.1. The van der Waals surface area contributed by atoms with Crippen molar-refractivity contribution in [3.8, 4) is 18.2 Å². The number of rotatable bonds is 2. The van der Waals surface area contributed by atoms with Crippen LogP contribution in [0.5, 0.6) is 0 Å². The Labute approximate surface area is 161 Å². The lowest BCUT2D eigenvalue weighted by Crippen LogP contribution is -2.37. The number of fused-ring (bicyclic) bond motifs is 1. The molecule has 1 aromatic heterocycles. The summed E-state index contributed by atoms with van der Waals surface area (Å²) in [4.78, 5) is 10.6. The number of benzene rings is 1. The summed E-state index contributed by atoms with van der Waals surface area (Å²) >= 11 is 0. The van der Waals surface area contributed by atoms with Gasteiger partial charge in [-0.1, -0.05) is 12.1 Å². The fraction of sp³-hybridized carbons (Fsp3) is 0.211.